The van der Waals surface area contributed by atoms with Gasteiger partial charge in [0, 0.05) is 12.2 Å². The smallest absolute Gasteiger partial charge is 0.123 e. The molecular formula is C13H14FN3. The number of nitrogens with zero attached hydrogens (tertiary/aromatic N) is 1. The molecule has 0 spiro atoms. The molecule has 1 unspecified atom stereocenters. The summed E-state index contributed by atoms with van der Waals surface area (Å²) in [6.07, 6.45) is 3.25. The quantitative estimate of drug-likeness (QED) is 0.853. The molecule has 0 saturated carbocycles. The minimum absolute atomic E-state index is 0.0181. The van der Waals surface area contributed by atoms with Crippen LogP contribution in [0.5, 0.6) is 0 Å². The van der Waals surface area contributed by atoms with Crippen molar-refractivity contribution in [3.05, 3.63) is 54.1 Å². The zero-order chi connectivity index (χ0) is 12.3. The summed E-state index contributed by atoms with van der Waals surface area (Å²) >= 11 is 0. The Bertz CT molecular complexity index is 514. The van der Waals surface area contributed by atoms with Crippen LogP contribution in [0.3, 0.4) is 0 Å². The van der Waals surface area contributed by atoms with Crippen LogP contribution >= 0.6 is 0 Å². The summed E-state index contributed by atoms with van der Waals surface area (Å²) in [7, 11) is 0. The second-order valence-corrected chi connectivity index (χ2v) is 3.88. The number of hydrogen-bond donors (Lipinski definition) is 2. The van der Waals surface area contributed by atoms with Crippen LogP contribution in [0.15, 0.2) is 42.7 Å². The summed E-state index contributed by atoms with van der Waals surface area (Å²) in [4.78, 5) is 3.91. The minimum Gasteiger partial charge on any atom is -0.396 e. The normalized spacial score (nSPS) is 12.1. The molecule has 4 heteroatoms. The Morgan fingerprint density at radius 1 is 1.35 bits per heavy atom. The monoisotopic (exact) mass is 231 g/mol. The van der Waals surface area contributed by atoms with Crippen LogP contribution in [-0.2, 0) is 0 Å². The molecule has 0 amide bonds. The van der Waals surface area contributed by atoms with Crippen LogP contribution in [0, 0.1) is 5.82 Å². The third-order valence-corrected chi connectivity index (χ3v) is 2.57. The average molecular weight is 231 g/mol. The second-order valence-electron chi connectivity index (χ2n) is 3.88. The molecule has 0 fully saturated rings. The van der Waals surface area contributed by atoms with Gasteiger partial charge in [-0.3, -0.25) is 4.98 Å². The third-order valence-electron chi connectivity index (χ3n) is 2.57. The van der Waals surface area contributed by atoms with Gasteiger partial charge in [-0.1, -0.05) is 12.1 Å². The van der Waals surface area contributed by atoms with Crippen molar-refractivity contribution in [1.29, 1.82) is 0 Å². The van der Waals surface area contributed by atoms with Gasteiger partial charge in [-0.2, -0.15) is 0 Å². The van der Waals surface area contributed by atoms with Gasteiger partial charge in [-0.05, 0) is 30.7 Å². The number of nitrogen functional groups attached to an aromatic ring is 1. The Hall–Kier alpha value is -2.10. The summed E-state index contributed by atoms with van der Waals surface area (Å²) in [5.74, 6) is -0.237. The lowest BCUT2D eigenvalue weighted by molar-refractivity contribution is 0.623. The molecule has 1 heterocycles. The Balaban J connectivity index is 2.17. The van der Waals surface area contributed by atoms with Crippen molar-refractivity contribution < 1.29 is 4.39 Å². The molecule has 2 aromatic rings. The first-order valence-electron chi connectivity index (χ1n) is 5.38. The predicted molar refractivity (Wildman–Crippen MR) is 67.1 cm³/mol. The van der Waals surface area contributed by atoms with Crippen molar-refractivity contribution in [3.63, 3.8) is 0 Å². The Kier molecular flexibility index (Phi) is 3.23. The molecule has 0 saturated heterocycles. The highest BCUT2D eigenvalue weighted by Gasteiger charge is 2.07. The van der Waals surface area contributed by atoms with Crippen LogP contribution in [0.25, 0.3) is 0 Å². The predicted octanol–water partition coefficient (Wildman–Crippen LogP) is 2.98. The fourth-order valence-corrected chi connectivity index (χ4v) is 1.63. The van der Waals surface area contributed by atoms with Crippen LogP contribution < -0.4 is 11.1 Å². The van der Waals surface area contributed by atoms with E-state index in [1.54, 1.807) is 24.5 Å². The molecule has 17 heavy (non-hydrogen) atoms. The fraction of sp³-hybridized carbons (Fsp3) is 0.154. The molecule has 0 bridgehead atoms. The van der Waals surface area contributed by atoms with Gasteiger partial charge in [0.25, 0.3) is 0 Å². The summed E-state index contributed by atoms with van der Waals surface area (Å²) in [5, 5.41) is 3.22. The summed E-state index contributed by atoms with van der Waals surface area (Å²) < 4.78 is 13.1. The van der Waals surface area contributed by atoms with Crippen LogP contribution in [0.1, 0.15) is 18.5 Å². The van der Waals surface area contributed by atoms with Gasteiger partial charge in [0.2, 0.25) is 0 Å². The Labute approximate surface area is 99.5 Å². The maximum atomic E-state index is 13.1. The van der Waals surface area contributed by atoms with E-state index >= 15 is 0 Å². The molecule has 0 aliphatic rings. The summed E-state index contributed by atoms with van der Waals surface area (Å²) in [6, 6.07) is 8.28. The SMILES string of the molecule is CC(Nc1ccncc1N)c1cccc(F)c1. The number of pyridine rings is 1. The van der Waals surface area contributed by atoms with Crippen molar-refractivity contribution >= 4 is 11.4 Å². The van der Waals surface area contributed by atoms with E-state index in [9.17, 15) is 4.39 Å². The van der Waals surface area contributed by atoms with Crippen molar-refractivity contribution in [1.82, 2.24) is 4.98 Å². The molecule has 3 N–H and O–H groups in total. The molecule has 2 rings (SSSR count). The van der Waals surface area contributed by atoms with Gasteiger partial charge in [0.15, 0.2) is 0 Å². The average Bonchev–Trinajstić information content (AvgIpc) is 2.32. The highest BCUT2D eigenvalue weighted by Crippen LogP contribution is 2.23. The topological polar surface area (TPSA) is 50.9 Å². The number of anilines is 2. The molecule has 1 atom stereocenters. The number of aromatic nitrogens is 1. The summed E-state index contributed by atoms with van der Waals surface area (Å²) in [6.45, 7) is 1.95. The number of halogens is 1. The molecule has 1 aromatic heterocycles. The van der Waals surface area contributed by atoms with Gasteiger partial charge in [-0.25, -0.2) is 4.39 Å². The van der Waals surface area contributed by atoms with E-state index in [0.29, 0.717) is 5.69 Å². The first-order chi connectivity index (χ1) is 8.16. The number of nitrogens with one attached hydrogen (secondary N) is 1. The molecular weight excluding hydrogens is 217 g/mol. The van der Waals surface area contributed by atoms with E-state index in [2.05, 4.69) is 10.3 Å². The van der Waals surface area contributed by atoms with E-state index in [1.807, 2.05) is 13.0 Å². The van der Waals surface area contributed by atoms with Crippen LogP contribution in [-0.4, -0.2) is 4.98 Å². The lowest BCUT2D eigenvalue weighted by atomic mass is 10.1. The van der Waals surface area contributed by atoms with E-state index in [4.69, 9.17) is 5.73 Å². The molecule has 0 aliphatic carbocycles. The second kappa shape index (κ2) is 4.82. The first kappa shape index (κ1) is 11.4. The van der Waals surface area contributed by atoms with Gasteiger partial charge in [-0.15, -0.1) is 0 Å². The maximum Gasteiger partial charge on any atom is 0.123 e. The highest BCUT2D eigenvalue weighted by molar-refractivity contribution is 5.64. The zero-order valence-electron chi connectivity index (χ0n) is 9.52. The first-order valence-corrected chi connectivity index (χ1v) is 5.38. The van der Waals surface area contributed by atoms with Gasteiger partial charge < -0.3 is 11.1 Å². The highest BCUT2D eigenvalue weighted by atomic mass is 19.1. The number of hydrogen-bond acceptors (Lipinski definition) is 3. The molecule has 1 aromatic carbocycles. The van der Waals surface area contributed by atoms with E-state index in [-0.39, 0.29) is 11.9 Å². The van der Waals surface area contributed by atoms with Crippen LogP contribution in [0.4, 0.5) is 15.8 Å². The van der Waals surface area contributed by atoms with Gasteiger partial charge in [0.05, 0.1) is 17.6 Å². The molecule has 0 radical (unpaired) electrons. The van der Waals surface area contributed by atoms with Crippen molar-refractivity contribution in [2.24, 2.45) is 0 Å². The lowest BCUT2D eigenvalue weighted by Gasteiger charge is -2.16. The van der Waals surface area contributed by atoms with Gasteiger partial charge >= 0.3 is 0 Å². The van der Waals surface area contributed by atoms with Gasteiger partial charge in [0.1, 0.15) is 5.82 Å². The van der Waals surface area contributed by atoms with Crippen molar-refractivity contribution in [2.45, 2.75) is 13.0 Å². The van der Waals surface area contributed by atoms with Crippen molar-refractivity contribution in [2.75, 3.05) is 11.1 Å². The zero-order valence-corrected chi connectivity index (χ0v) is 9.52. The maximum absolute atomic E-state index is 13.1. The minimum atomic E-state index is -0.237. The number of nitrogens with two attached hydrogens (primary N) is 1. The largest absolute Gasteiger partial charge is 0.396 e. The van der Waals surface area contributed by atoms with E-state index < -0.39 is 0 Å². The van der Waals surface area contributed by atoms with Crippen LogP contribution in [0.2, 0.25) is 0 Å². The number of benzene rings is 1. The van der Waals surface area contributed by atoms with E-state index in [0.717, 1.165) is 11.3 Å². The van der Waals surface area contributed by atoms with Crippen molar-refractivity contribution in [3.8, 4) is 0 Å². The molecule has 88 valence electrons. The standard InChI is InChI=1S/C13H14FN3/c1-9(10-3-2-4-11(14)7-10)17-13-5-6-16-8-12(13)15/h2-9H,15H2,1H3,(H,16,17). The van der Waals surface area contributed by atoms with E-state index in [1.165, 1.54) is 12.1 Å². The molecule has 0 aliphatic heterocycles. The molecule has 3 nitrogen and oxygen atoms in total. The Morgan fingerprint density at radius 2 is 2.18 bits per heavy atom. The summed E-state index contributed by atoms with van der Waals surface area (Å²) in [5.41, 5.74) is 8.04. The lowest BCUT2D eigenvalue weighted by Crippen LogP contribution is -2.08. The fourth-order valence-electron chi connectivity index (χ4n) is 1.63. The third kappa shape index (κ3) is 2.72. The Morgan fingerprint density at radius 3 is 2.88 bits per heavy atom. The number of rotatable bonds is 3.